The van der Waals surface area contributed by atoms with E-state index in [2.05, 4.69) is 32.9 Å². The van der Waals surface area contributed by atoms with E-state index in [0.29, 0.717) is 39.8 Å². The summed E-state index contributed by atoms with van der Waals surface area (Å²) in [6.45, 7) is 3.03. The molecule has 0 spiro atoms. The summed E-state index contributed by atoms with van der Waals surface area (Å²) in [5, 5.41) is 3.21. The monoisotopic (exact) mass is 567 g/mol. The van der Waals surface area contributed by atoms with Crippen molar-refractivity contribution in [3.63, 3.8) is 0 Å². The van der Waals surface area contributed by atoms with Crippen LogP contribution in [0.3, 0.4) is 0 Å². The van der Waals surface area contributed by atoms with Crippen molar-refractivity contribution in [2.24, 2.45) is 11.7 Å². The second-order valence-electron chi connectivity index (χ2n) is 8.47. The van der Waals surface area contributed by atoms with Gasteiger partial charge in [-0.3, -0.25) is 14.5 Å². The Morgan fingerprint density at radius 1 is 1.27 bits per heavy atom. The molecule has 2 saturated heterocycles. The molecule has 3 N–H and O–H groups in total. The number of carbonyl (C=O) groups is 2. The Hall–Kier alpha value is -2.18. The van der Waals surface area contributed by atoms with Crippen LogP contribution in [0.5, 0.6) is 5.75 Å². The molecule has 10 heteroatoms. The number of piperidine rings is 1. The van der Waals surface area contributed by atoms with Crippen molar-refractivity contribution in [2.45, 2.75) is 38.3 Å². The van der Waals surface area contributed by atoms with Gasteiger partial charge in [0.15, 0.2) is 11.6 Å². The molecule has 2 amide bonds. The Labute approximate surface area is 207 Å². The molecule has 178 valence electrons. The molecule has 0 radical (unpaired) electrons. The number of carbonyl (C=O) groups excluding carboxylic acids is 2. The van der Waals surface area contributed by atoms with Crippen molar-refractivity contribution in [2.75, 3.05) is 36.2 Å². The van der Waals surface area contributed by atoms with Crippen LogP contribution in [0, 0.1) is 5.92 Å². The van der Waals surface area contributed by atoms with Gasteiger partial charge in [0, 0.05) is 43.5 Å². The summed E-state index contributed by atoms with van der Waals surface area (Å²) >= 11 is 2.11. The third-order valence-corrected chi connectivity index (χ3v) is 6.37. The van der Waals surface area contributed by atoms with Gasteiger partial charge >= 0.3 is 0 Å². The Morgan fingerprint density at radius 2 is 2.06 bits per heavy atom. The van der Waals surface area contributed by atoms with E-state index in [-0.39, 0.29) is 11.8 Å². The molecule has 3 aliphatic rings. The van der Waals surface area contributed by atoms with E-state index >= 15 is 0 Å². The molecule has 1 aromatic heterocycles. The lowest BCUT2D eigenvalue weighted by Gasteiger charge is -2.30. The maximum absolute atomic E-state index is 12.8. The number of likely N-dealkylation sites (tertiary alicyclic amines) is 1. The first-order valence-corrected chi connectivity index (χ1v) is 12.9. The van der Waals surface area contributed by atoms with Crippen LogP contribution in [0.4, 0.5) is 5.82 Å². The molecule has 1 aromatic rings. The molecule has 3 aliphatic heterocycles. The molecule has 1 unspecified atom stereocenters. The predicted octanol–water partition coefficient (Wildman–Crippen LogP) is 2.84. The molecule has 2 fully saturated rings. The number of nitrogens with zero attached hydrogens (tertiary/aromatic N) is 3. The van der Waals surface area contributed by atoms with Gasteiger partial charge in [0.05, 0.1) is 18.8 Å². The van der Waals surface area contributed by atoms with Crippen molar-refractivity contribution in [3.8, 4) is 5.75 Å². The van der Waals surface area contributed by atoms with E-state index in [1.807, 2.05) is 4.90 Å². The third-order valence-electron chi connectivity index (χ3n) is 6.06. The lowest BCUT2D eigenvalue weighted by Crippen LogP contribution is -2.43. The van der Waals surface area contributed by atoms with E-state index < -0.39 is 6.17 Å². The van der Waals surface area contributed by atoms with Gasteiger partial charge in [-0.25, -0.2) is 4.98 Å². The number of hydrogen-bond donors (Lipinski definition) is 2. The molecule has 9 nitrogen and oxygen atoms in total. The molecular formula is C23H30IN5O4. The van der Waals surface area contributed by atoms with Crippen molar-refractivity contribution in [1.82, 2.24) is 14.8 Å². The van der Waals surface area contributed by atoms with Crippen LogP contribution in [0.15, 0.2) is 36.3 Å². The number of hydrogen-bond acceptors (Lipinski definition) is 7. The lowest BCUT2D eigenvalue weighted by molar-refractivity contribution is -0.131. The first-order valence-electron chi connectivity index (χ1n) is 11.3. The van der Waals surface area contributed by atoms with E-state index in [9.17, 15) is 9.59 Å². The van der Waals surface area contributed by atoms with Crippen LogP contribution in [-0.4, -0.2) is 63.7 Å². The van der Waals surface area contributed by atoms with Crippen LogP contribution in [0.25, 0.3) is 0 Å². The topological polar surface area (TPSA) is 110 Å². The van der Waals surface area contributed by atoms with Gasteiger partial charge in [0.25, 0.3) is 5.91 Å². The number of pyridine rings is 1. The highest BCUT2D eigenvalue weighted by atomic mass is 127. The number of rotatable bonds is 8. The summed E-state index contributed by atoms with van der Waals surface area (Å²) in [6.07, 6.45) is 10.7. The van der Waals surface area contributed by atoms with Crippen LogP contribution in [0.1, 0.15) is 42.5 Å². The summed E-state index contributed by atoms with van der Waals surface area (Å²) in [5.41, 5.74) is 7.45. The largest absolute Gasteiger partial charge is 0.479 e. The zero-order valence-electron chi connectivity index (χ0n) is 18.5. The van der Waals surface area contributed by atoms with E-state index in [1.54, 1.807) is 35.5 Å². The van der Waals surface area contributed by atoms with Crippen LogP contribution in [0.2, 0.25) is 0 Å². The average Bonchev–Trinajstić information content (AvgIpc) is 2.79. The fraction of sp³-hybridized carbons (Fsp3) is 0.522. The van der Waals surface area contributed by atoms with Crippen molar-refractivity contribution in [3.05, 3.63) is 41.9 Å². The highest BCUT2D eigenvalue weighted by Gasteiger charge is 2.25. The molecule has 4 rings (SSSR count). The fourth-order valence-corrected chi connectivity index (χ4v) is 4.40. The number of allylic oxidation sites excluding steroid dienone is 1. The van der Waals surface area contributed by atoms with Gasteiger partial charge in [0.2, 0.25) is 5.91 Å². The van der Waals surface area contributed by atoms with E-state index in [0.717, 1.165) is 52.0 Å². The minimum atomic E-state index is -0.573. The number of aromatic nitrogens is 1. The van der Waals surface area contributed by atoms with Crippen LogP contribution >= 0.6 is 22.6 Å². The Balaban J connectivity index is 1.40. The van der Waals surface area contributed by atoms with E-state index in [4.69, 9.17) is 15.2 Å². The quantitative estimate of drug-likeness (QED) is 0.367. The average molecular weight is 567 g/mol. The summed E-state index contributed by atoms with van der Waals surface area (Å²) in [7, 11) is 0. The minimum absolute atomic E-state index is 0.00594. The van der Waals surface area contributed by atoms with Gasteiger partial charge < -0.3 is 25.4 Å². The summed E-state index contributed by atoms with van der Waals surface area (Å²) in [5.74, 6) is 1.44. The fourth-order valence-electron chi connectivity index (χ4n) is 4.06. The van der Waals surface area contributed by atoms with Crippen LogP contribution < -0.4 is 15.8 Å². The van der Waals surface area contributed by atoms with Crippen molar-refractivity contribution >= 4 is 40.2 Å². The van der Waals surface area contributed by atoms with Gasteiger partial charge in [-0.1, -0.05) is 0 Å². The predicted molar refractivity (Wildman–Crippen MR) is 133 cm³/mol. The Kier molecular flexibility index (Phi) is 8.20. The standard InChI is InChI=1S/C23H30IN5O4/c24-15-33-19-10-17(23(31)28-7-2-1-3-8-28)12-26-22(19)27-18-6-9-29(20(25)11-18)21(30)5-4-16-13-32-14-16/h6,9-12,16,20H,1-5,7-8,13-15,25H2,(H,26,27). The molecular weight excluding hydrogens is 537 g/mol. The summed E-state index contributed by atoms with van der Waals surface area (Å²) < 4.78 is 11.3. The van der Waals surface area contributed by atoms with Crippen molar-refractivity contribution < 1.29 is 19.1 Å². The number of amides is 2. The number of alkyl halides is 1. The van der Waals surface area contributed by atoms with Gasteiger partial charge in [-0.15, -0.1) is 0 Å². The van der Waals surface area contributed by atoms with Crippen molar-refractivity contribution in [1.29, 1.82) is 0 Å². The molecule has 4 heterocycles. The second-order valence-corrected chi connectivity index (χ2v) is 9.10. The minimum Gasteiger partial charge on any atom is -0.479 e. The smallest absolute Gasteiger partial charge is 0.255 e. The second kappa shape index (κ2) is 11.3. The number of halogens is 1. The normalized spacial score (nSPS) is 20.8. The van der Waals surface area contributed by atoms with Crippen LogP contribution in [-0.2, 0) is 9.53 Å². The zero-order valence-corrected chi connectivity index (χ0v) is 20.7. The lowest BCUT2D eigenvalue weighted by atomic mass is 10.0. The van der Waals surface area contributed by atoms with Gasteiger partial charge in [-0.2, -0.15) is 0 Å². The Morgan fingerprint density at radius 3 is 2.73 bits per heavy atom. The van der Waals surface area contributed by atoms with Gasteiger partial charge in [0.1, 0.15) is 10.8 Å². The number of nitrogens with two attached hydrogens (primary N) is 1. The molecule has 0 aliphatic carbocycles. The summed E-state index contributed by atoms with van der Waals surface area (Å²) in [6, 6.07) is 1.73. The first-order chi connectivity index (χ1) is 16.0. The molecule has 0 bridgehead atoms. The molecule has 0 saturated carbocycles. The molecule has 1 atom stereocenters. The Bertz CT molecular complexity index is 927. The molecule has 0 aromatic carbocycles. The highest BCUT2D eigenvalue weighted by molar-refractivity contribution is 14.1. The number of nitrogens with one attached hydrogen (secondary N) is 1. The zero-order chi connectivity index (χ0) is 23.2. The maximum Gasteiger partial charge on any atom is 0.255 e. The summed E-state index contributed by atoms with van der Waals surface area (Å²) in [4.78, 5) is 33.2. The molecule has 33 heavy (non-hydrogen) atoms. The third kappa shape index (κ3) is 6.04. The van der Waals surface area contributed by atoms with E-state index in [1.165, 1.54) is 0 Å². The van der Waals surface area contributed by atoms with Gasteiger partial charge in [-0.05, 0) is 66.5 Å². The first kappa shape index (κ1) is 24.0. The highest BCUT2D eigenvalue weighted by Crippen LogP contribution is 2.27. The maximum atomic E-state index is 12.8. The number of anilines is 1. The SMILES string of the molecule is NC1C=C(Nc2ncc(C(=O)N3CCCCC3)cc2OCI)C=CN1C(=O)CCC1COC1. The number of ether oxygens (including phenoxy) is 2.